The van der Waals surface area contributed by atoms with Gasteiger partial charge in [-0.1, -0.05) is 6.08 Å². The largest absolute Gasteiger partial charge is 0.481 e. The lowest BCUT2D eigenvalue weighted by atomic mass is 9.98. The lowest BCUT2D eigenvalue weighted by molar-refractivity contribution is -0.137. The van der Waals surface area contributed by atoms with Gasteiger partial charge < -0.3 is 15.7 Å². The number of hydrogen-bond donors (Lipinski definition) is 3. The van der Waals surface area contributed by atoms with Gasteiger partial charge in [0.15, 0.2) is 0 Å². The molecule has 0 atom stereocenters. The van der Waals surface area contributed by atoms with Crippen molar-refractivity contribution in [2.45, 2.75) is 32.2 Å². The van der Waals surface area contributed by atoms with Crippen molar-refractivity contribution in [3.8, 4) is 0 Å². The summed E-state index contributed by atoms with van der Waals surface area (Å²) in [7, 11) is 0. The molecule has 0 rings (SSSR count). The third-order valence-corrected chi connectivity index (χ3v) is 2.02. The summed E-state index contributed by atoms with van der Waals surface area (Å²) in [6.07, 6.45) is 2.13. The highest BCUT2D eigenvalue weighted by Gasteiger charge is 2.20. The Hall–Kier alpha value is -1.36. The number of carbonyl (C=O) groups is 2. The smallest absolute Gasteiger partial charge is 0.303 e. The second-order valence-corrected chi connectivity index (χ2v) is 4.25. The van der Waals surface area contributed by atoms with E-state index in [1.165, 1.54) is 0 Å². The van der Waals surface area contributed by atoms with Gasteiger partial charge in [-0.3, -0.25) is 9.59 Å². The van der Waals surface area contributed by atoms with E-state index in [9.17, 15) is 9.59 Å². The van der Waals surface area contributed by atoms with Crippen molar-refractivity contribution >= 4 is 11.9 Å². The van der Waals surface area contributed by atoms with Crippen LogP contribution in [0.25, 0.3) is 0 Å². The number of carbonyl (C=O) groups excluding carboxylic acids is 1. The van der Waals surface area contributed by atoms with Crippen LogP contribution in [0.4, 0.5) is 0 Å². The van der Waals surface area contributed by atoms with Crippen LogP contribution in [-0.2, 0) is 9.59 Å². The number of rotatable bonds is 8. The zero-order valence-corrected chi connectivity index (χ0v) is 9.88. The minimum absolute atomic E-state index is 0.0490. The van der Waals surface area contributed by atoms with Gasteiger partial charge in [-0.15, -0.1) is 6.58 Å². The Labute approximate surface area is 95.9 Å². The van der Waals surface area contributed by atoms with Crippen LogP contribution in [0.3, 0.4) is 0 Å². The first-order chi connectivity index (χ1) is 7.37. The molecule has 0 heterocycles. The average Bonchev–Trinajstić information content (AvgIpc) is 2.15. The molecule has 0 aliphatic heterocycles. The maximum absolute atomic E-state index is 11.4. The molecule has 0 aliphatic carbocycles. The number of amides is 1. The Bertz CT molecular complexity index is 262. The zero-order valence-electron chi connectivity index (χ0n) is 9.88. The fourth-order valence-corrected chi connectivity index (χ4v) is 1.19. The predicted octanol–water partition coefficient (Wildman–Crippen LogP) is 0.522. The van der Waals surface area contributed by atoms with Gasteiger partial charge in [-0.2, -0.15) is 0 Å². The van der Waals surface area contributed by atoms with Gasteiger partial charge in [-0.25, -0.2) is 0 Å². The first-order valence-electron chi connectivity index (χ1n) is 5.22. The van der Waals surface area contributed by atoms with E-state index in [0.717, 1.165) is 0 Å². The van der Waals surface area contributed by atoms with E-state index >= 15 is 0 Å². The van der Waals surface area contributed by atoms with Gasteiger partial charge in [0.1, 0.15) is 0 Å². The topological polar surface area (TPSA) is 78.4 Å². The van der Waals surface area contributed by atoms with Crippen LogP contribution in [0.15, 0.2) is 12.7 Å². The lowest BCUT2D eigenvalue weighted by Crippen LogP contribution is -2.47. The number of hydrogen-bond acceptors (Lipinski definition) is 3. The first kappa shape index (κ1) is 14.6. The summed E-state index contributed by atoms with van der Waals surface area (Å²) in [4.78, 5) is 21.8. The first-order valence-corrected chi connectivity index (χ1v) is 5.22. The molecule has 0 bridgehead atoms. The van der Waals surface area contributed by atoms with Crippen LogP contribution in [0.1, 0.15) is 26.7 Å². The quantitative estimate of drug-likeness (QED) is 0.418. The van der Waals surface area contributed by atoms with Crippen LogP contribution < -0.4 is 10.6 Å². The Balaban J connectivity index is 3.89. The van der Waals surface area contributed by atoms with E-state index in [2.05, 4.69) is 17.2 Å². The third kappa shape index (κ3) is 7.99. The van der Waals surface area contributed by atoms with Crippen LogP contribution in [0.2, 0.25) is 0 Å². The standard InChI is InChI=1S/C11H20N2O3/c1-4-7-12-8-9(14)13-11(2,3)6-5-10(15)16/h4,12H,1,5-8H2,2-3H3,(H,13,14)(H,15,16). The molecule has 0 aromatic heterocycles. The maximum Gasteiger partial charge on any atom is 0.303 e. The van der Waals surface area contributed by atoms with Crippen molar-refractivity contribution in [1.82, 2.24) is 10.6 Å². The van der Waals surface area contributed by atoms with Crippen molar-refractivity contribution in [2.24, 2.45) is 0 Å². The maximum atomic E-state index is 11.4. The predicted molar refractivity (Wildman–Crippen MR) is 62.2 cm³/mol. The highest BCUT2D eigenvalue weighted by molar-refractivity contribution is 5.78. The average molecular weight is 228 g/mol. The van der Waals surface area contributed by atoms with Gasteiger partial charge in [0.05, 0.1) is 6.54 Å². The molecule has 1 amide bonds. The van der Waals surface area contributed by atoms with E-state index in [-0.39, 0.29) is 18.9 Å². The summed E-state index contributed by atoms with van der Waals surface area (Å²) in [5, 5.41) is 14.2. The second kappa shape index (κ2) is 7.00. The molecule has 0 unspecified atom stereocenters. The molecule has 0 aromatic carbocycles. The monoisotopic (exact) mass is 228 g/mol. The molecule has 0 fully saturated rings. The molecule has 0 radical (unpaired) electrons. The van der Waals surface area contributed by atoms with Gasteiger partial charge >= 0.3 is 5.97 Å². The molecule has 0 saturated carbocycles. The Morgan fingerprint density at radius 1 is 1.44 bits per heavy atom. The molecular formula is C11H20N2O3. The Morgan fingerprint density at radius 3 is 2.56 bits per heavy atom. The molecule has 0 aromatic rings. The minimum atomic E-state index is -0.855. The summed E-state index contributed by atoms with van der Waals surface area (Å²) in [6, 6.07) is 0. The van der Waals surface area contributed by atoms with Crippen molar-refractivity contribution in [2.75, 3.05) is 13.1 Å². The van der Waals surface area contributed by atoms with Crippen LogP contribution in [0, 0.1) is 0 Å². The summed E-state index contributed by atoms with van der Waals surface area (Å²) in [6.45, 7) is 7.92. The van der Waals surface area contributed by atoms with Crippen molar-refractivity contribution in [3.05, 3.63) is 12.7 Å². The molecule has 5 nitrogen and oxygen atoms in total. The molecule has 92 valence electrons. The molecule has 0 aliphatic rings. The summed E-state index contributed by atoms with van der Waals surface area (Å²) < 4.78 is 0. The van der Waals surface area contributed by atoms with Crippen LogP contribution in [0.5, 0.6) is 0 Å². The van der Waals surface area contributed by atoms with Crippen LogP contribution in [-0.4, -0.2) is 35.6 Å². The van der Waals surface area contributed by atoms with Crippen molar-refractivity contribution in [3.63, 3.8) is 0 Å². The molecule has 0 spiro atoms. The van der Waals surface area contributed by atoms with Gasteiger partial charge in [-0.05, 0) is 20.3 Å². The fraction of sp³-hybridized carbons (Fsp3) is 0.636. The lowest BCUT2D eigenvalue weighted by Gasteiger charge is -2.25. The molecule has 16 heavy (non-hydrogen) atoms. The Kier molecular flexibility index (Phi) is 6.41. The molecule has 0 saturated heterocycles. The van der Waals surface area contributed by atoms with E-state index in [4.69, 9.17) is 5.11 Å². The van der Waals surface area contributed by atoms with Gasteiger partial charge in [0.2, 0.25) is 5.91 Å². The minimum Gasteiger partial charge on any atom is -0.481 e. The van der Waals surface area contributed by atoms with Gasteiger partial charge in [0, 0.05) is 18.5 Å². The summed E-state index contributed by atoms with van der Waals surface area (Å²) >= 11 is 0. The van der Waals surface area contributed by atoms with E-state index in [1.807, 2.05) is 0 Å². The number of aliphatic carboxylic acids is 1. The summed E-state index contributed by atoms with van der Waals surface area (Å²) in [5.41, 5.74) is -0.495. The van der Waals surface area contributed by atoms with Crippen molar-refractivity contribution < 1.29 is 14.7 Å². The van der Waals surface area contributed by atoms with E-state index in [0.29, 0.717) is 13.0 Å². The fourth-order valence-electron chi connectivity index (χ4n) is 1.19. The summed E-state index contributed by atoms with van der Waals surface area (Å²) in [5.74, 6) is -0.996. The van der Waals surface area contributed by atoms with E-state index in [1.54, 1.807) is 19.9 Å². The van der Waals surface area contributed by atoms with Gasteiger partial charge in [0.25, 0.3) is 0 Å². The number of nitrogens with one attached hydrogen (secondary N) is 2. The Morgan fingerprint density at radius 2 is 2.06 bits per heavy atom. The number of carboxylic acids is 1. The molecule has 5 heteroatoms. The highest BCUT2D eigenvalue weighted by atomic mass is 16.4. The van der Waals surface area contributed by atoms with Crippen molar-refractivity contribution in [1.29, 1.82) is 0 Å². The number of carboxylic acid groups (broad SMARTS) is 1. The normalized spacial score (nSPS) is 10.9. The second-order valence-electron chi connectivity index (χ2n) is 4.25. The molecule has 3 N–H and O–H groups in total. The van der Waals surface area contributed by atoms with E-state index < -0.39 is 11.5 Å². The third-order valence-electron chi connectivity index (χ3n) is 2.02. The highest BCUT2D eigenvalue weighted by Crippen LogP contribution is 2.10. The molecular weight excluding hydrogens is 208 g/mol. The zero-order chi connectivity index (χ0) is 12.6. The SMILES string of the molecule is C=CCNCC(=O)NC(C)(C)CCC(=O)O. The van der Waals surface area contributed by atoms with Crippen LogP contribution >= 0.6 is 0 Å².